The zero-order valence-corrected chi connectivity index (χ0v) is 8.84. The summed E-state index contributed by atoms with van der Waals surface area (Å²) in [7, 11) is 1.34. The molecule has 0 amide bonds. The SMILES string of the molecule is COC(=O)C=Cc1cc(C)cc(Cl)c1. The van der Waals surface area contributed by atoms with Crippen LogP contribution in [-0.4, -0.2) is 13.1 Å². The van der Waals surface area contributed by atoms with Gasteiger partial charge in [0.25, 0.3) is 0 Å². The van der Waals surface area contributed by atoms with Gasteiger partial charge in [-0.2, -0.15) is 0 Å². The van der Waals surface area contributed by atoms with Gasteiger partial charge in [-0.3, -0.25) is 0 Å². The number of aryl methyl sites for hydroxylation is 1. The second-order valence-electron chi connectivity index (χ2n) is 2.92. The molecule has 1 aromatic carbocycles. The molecular weight excluding hydrogens is 200 g/mol. The summed E-state index contributed by atoms with van der Waals surface area (Å²) in [5, 5.41) is 0.662. The smallest absolute Gasteiger partial charge is 0.330 e. The minimum Gasteiger partial charge on any atom is -0.466 e. The molecule has 0 atom stereocenters. The van der Waals surface area contributed by atoms with Crippen LogP contribution in [0.2, 0.25) is 5.02 Å². The minimum absolute atomic E-state index is 0.373. The lowest BCUT2D eigenvalue weighted by Gasteiger charge is -1.98. The number of rotatable bonds is 2. The van der Waals surface area contributed by atoms with Gasteiger partial charge in [-0.1, -0.05) is 17.7 Å². The van der Waals surface area contributed by atoms with Crippen LogP contribution in [0.1, 0.15) is 11.1 Å². The van der Waals surface area contributed by atoms with E-state index in [1.54, 1.807) is 12.1 Å². The topological polar surface area (TPSA) is 26.3 Å². The summed E-state index contributed by atoms with van der Waals surface area (Å²) < 4.78 is 4.47. The Hall–Kier alpha value is -1.28. The van der Waals surface area contributed by atoms with Gasteiger partial charge in [0.05, 0.1) is 7.11 Å². The van der Waals surface area contributed by atoms with E-state index in [1.165, 1.54) is 13.2 Å². The first-order valence-electron chi connectivity index (χ1n) is 4.15. The highest BCUT2D eigenvalue weighted by atomic mass is 35.5. The fraction of sp³-hybridized carbons (Fsp3) is 0.182. The van der Waals surface area contributed by atoms with E-state index in [2.05, 4.69) is 4.74 Å². The number of carbonyl (C=O) groups is 1. The molecule has 0 bridgehead atoms. The van der Waals surface area contributed by atoms with Crippen LogP contribution in [0.3, 0.4) is 0 Å². The van der Waals surface area contributed by atoms with Crippen molar-refractivity contribution in [2.24, 2.45) is 0 Å². The molecule has 0 radical (unpaired) electrons. The number of benzene rings is 1. The molecule has 0 aliphatic rings. The first-order valence-corrected chi connectivity index (χ1v) is 4.53. The zero-order valence-electron chi connectivity index (χ0n) is 8.08. The van der Waals surface area contributed by atoms with Crippen LogP contribution in [0.25, 0.3) is 6.08 Å². The van der Waals surface area contributed by atoms with E-state index in [0.717, 1.165) is 11.1 Å². The van der Waals surface area contributed by atoms with E-state index in [4.69, 9.17) is 11.6 Å². The van der Waals surface area contributed by atoms with Gasteiger partial charge in [-0.15, -0.1) is 0 Å². The molecule has 0 heterocycles. The van der Waals surface area contributed by atoms with Crippen molar-refractivity contribution in [3.8, 4) is 0 Å². The Bertz CT molecular complexity index is 349. The van der Waals surface area contributed by atoms with Crippen molar-refractivity contribution >= 4 is 23.6 Å². The number of hydrogen-bond donors (Lipinski definition) is 0. The van der Waals surface area contributed by atoms with Crippen LogP contribution in [0, 0.1) is 6.92 Å². The summed E-state index contributed by atoms with van der Waals surface area (Å²) in [6, 6.07) is 5.58. The molecule has 0 N–H and O–H groups in total. The number of methoxy groups -OCH3 is 1. The maximum Gasteiger partial charge on any atom is 0.330 e. The highest BCUT2D eigenvalue weighted by molar-refractivity contribution is 6.30. The first kappa shape index (κ1) is 10.8. The monoisotopic (exact) mass is 210 g/mol. The molecular formula is C11H11ClO2. The summed E-state index contributed by atoms with van der Waals surface area (Å²) in [5.74, 6) is -0.373. The van der Waals surface area contributed by atoms with Crippen molar-refractivity contribution in [1.82, 2.24) is 0 Å². The van der Waals surface area contributed by atoms with Gasteiger partial charge in [0.2, 0.25) is 0 Å². The Balaban J connectivity index is 2.86. The highest BCUT2D eigenvalue weighted by Crippen LogP contribution is 2.15. The summed E-state index contributed by atoms with van der Waals surface area (Å²) >= 11 is 5.85. The van der Waals surface area contributed by atoms with Crippen molar-refractivity contribution in [3.63, 3.8) is 0 Å². The highest BCUT2D eigenvalue weighted by Gasteiger charge is 1.95. The zero-order chi connectivity index (χ0) is 10.6. The van der Waals surface area contributed by atoms with Gasteiger partial charge in [0.15, 0.2) is 0 Å². The summed E-state index contributed by atoms with van der Waals surface area (Å²) in [4.78, 5) is 10.8. The molecule has 3 heteroatoms. The van der Waals surface area contributed by atoms with Crippen molar-refractivity contribution in [2.75, 3.05) is 7.11 Å². The predicted octanol–water partition coefficient (Wildman–Crippen LogP) is 2.83. The van der Waals surface area contributed by atoms with E-state index in [1.807, 2.05) is 19.1 Å². The Labute approximate surface area is 88.1 Å². The molecule has 2 nitrogen and oxygen atoms in total. The number of carbonyl (C=O) groups excluding carboxylic acids is 1. The average molecular weight is 211 g/mol. The molecule has 74 valence electrons. The van der Waals surface area contributed by atoms with E-state index in [-0.39, 0.29) is 5.97 Å². The van der Waals surface area contributed by atoms with Gasteiger partial charge < -0.3 is 4.74 Å². The van der Waals surface area contributed by atoms with Gasteiger partial charge in [-0.25, -0.2) is 4.79 Å². The fourth-order valence-electron chi connectivity index (χ4n) is 1.09. The standard InChI is InChI=1S/C11H11ClO2/c1-8-5-9(7-10(12)6-8)3-4-11(13)14-2/h3-7H,1-2H3. The Morgan fingerprint density at radius 1 is 1.43 bits per heavy atom. The van der Waals surface area contributed by atoms with E-state index in [0.29, 0.717) is 5.02 Å². The van der Waals surface area contributed by atoms with Crippen molar-refractivity contribution < 1.29 is 9.53 Å². The fourth-order valence-corrected chi connectivity index (χ4v) is 1.39. The minimum atomic E-state index is -0.373. The molecule has 0 aliphatic heterocycles. The second kappa shape index (κ2) is 4.82. The molecule has 14 heavy (non-hydrogen) atoms. The molecule has 0 fully saturated rings. The normalized spacial score (nSPS) is 10.5. The van der Waals surface area contributed by atoms with Crippen molar-refractivity contribution in [1.29, 1.82) is 0 Å². The van der Waals surface area contributed by atoms with E-state index < -0.39 is 0 Å². The number of esters is 1. The van der Waals surface area contributed by atoms with Gasteiger partial charge in [-0.05, 0) is 36.3 Å². The lowest BCUT2D eigenvalue weighted by atomic mass is 10.1. The molecule has 0 saturated carbocycles. The maximum absolute atomic E-state index is 10.8. The lowest BCUT2D eigenvalue weighted by Crippen LogP contribution is -1.93. The first-order chi connectivity index (χ1) is 6.61. The van der Waals surface area contributed by atoms with Crippen LogP contribution in [-0.2, 0) is 9.53 Å². The average Bonchev–Trinajstić information content (AvgIpc) is 2.12. The Morgan fingerprint density at radius 2 is 2.14 bits per heavy atom. The van der Waals surface area contributed by atoms with Crippen LogP contribution in [0.4, 0.5) is 0 Å². The quantitative estimate of drug-likeness (QED) is 0.554. The third-order valence-corrected chi connectivity index (χ3v) is 1.90. The van der Waals surface area contributed by atoms with Gasteiger partial charge in [0, 0.05) is 11.1 Å². The van der Waals surface area contributed by atoms with Crippen molar-refractivity contribution in [2.45, 2.75) is 6.92 Å². The molecule has 0 aromatic heterocycles. The van der Waals surface area contributed by atoms with Crippen LogP contribution >= 0.6 is 11.6 Å². The molecule has 0 unspecified atom stereocenters. The summed E-state index contributed by atoms with van der Waals surface area (Å²) in [5.41, 5.74) is 1.95. The predicted molar refractivity (Wildman–Crippen MR) is 57.2 cm³/mol. The molecule has 0 saturated heterocycles. The third-order valence-electron chi connectivity index (χ3n) is 1.68. The molecule has 1 rings (SSSR count). The number of halogens is 1. The number of ether oxygens (including phenoxy) is 1. The lowest BCUT2D eigenvalue weighted by molar-refractivity contribution is -0.134. The van der Waals surface area contributed by atoms with E-state index in [9.17, 15) is 4.79 Å². The molecule has 0 aliphatic carbocycles. The molecule has 1 aromatic rings. The molecule has 0 spiro atoms. The third kappa shape index (κ3) is 3.23. The maximum atomic E-state index is 10.8. The van der Waals surface area contributed by atoms with Gasteiger partial charge in [0.1, 0.15) is 0 Å². The largest absolute Gasteiger partial charge is 0.466 e. The van der Waals surface area contributed by atoms with Crippen LogP contribution in [0.5, 0.6) is 0 Å². The Morgan fingerprint density at radius 3 is 2.71 bits per heavy atom. The second-order valence-corrected chi connectivity index (χ2v) is 3.35. The Kier molecular flexibility index (Phi) is 3.72. The van der Waals surface area contributed by atoms with Crippen LogP contribution in [0.15, 0.2) is 24.3 Å². The summed E-state index contributed by atoms with van der Waals surface area (Å²) in [6.07, 6.45) is 3.04. The van der Waals surface area contributed by atoms with Crippen LogP contribution < -0.4 is 0 Å². The number of hydrogen-bond acceptors (Lipinski definition) is 2. The summed E-state index contributed by atoms with van der Waals surface area (Å²) in [6.45, 7) is 1.95. The van der Waals surface area contributed by atoms with Crippen molar-refractivity contribution in [3.05, 3.63) is 40.4 Å². The van der Waals surface area contributed by atoms with Gasteiger partial charge >= 0.3 is 5.97 Å². The van der Waals surface area contributed by atoms with E-state index >= 15 is 0 Å².